The zero-order valence-corrected chi connectivity index (χ0v) is 13.1. The first-order valence-corrected chi connectivity index (χ1v) is 8.04. The number of hydrogen-bond acceptors (Lipinski definition) is 1. The summed E-state index contributed by atoms with van der Waals surface area (Å²) in [5.74, 6) is 2.46. The lowest BCUT2D eigenvalue weighted by Crippen LogP contribution is -2.07. The molecule has 0 aromatic rings. The molecule has 3 atom stereocenters. The van der Waals surface area contributed by atoms with Crippen molar-refractivity contribution < 1.29 is 0 Å². The van der Waals surface area contributed by atoms with E-state index in [0.29, 0.717) is 5.92 Å². The first kappa shape index (κ1) is 17.7. The third-order valence-corrected chi connectivity index (χ3v) is 4.03. The zero-order valence-electron chi connectivity index (χ0n) is 13.1. The summed E-state index contributed by atoms with van der Waals surface area (Å²) in [6.45, 7) is 10.1. The topological polar surface area (TPSA) is 26.0 Å². The van der Waals surface area contributed by atoms with Gasteiger partial charge in [-0.1, -0.05) is 59.1 Å². The Labute approximate surface area is 115 Å². The van der Waals surface area contributed by atoms with Gasteiger partial charge in [-0.05, 0) is 50.0 Å². The van der Waals surface area contributed by atoms with E-state index in [-0.39, 0.29) is 0 Å². The van der Waals surface area contributed by atoms with Crippen LogP contribution in [0.2, 0.25) is 0 Å². The van der Waals surface area contributed by atoms with Crippen LogP contribution in [-0.4, -0.2) is 6.54 Å². The molecule has 0 aliphatic rings. The second-order valence-corrected chi connectivity index (χ2v) is 5.81. The van der Waals surface area contributed by atoms with E-state index in [0.717, 1.165) is 24.8 Å². The Morgan fingerprint density at radius 3 is 2.28 bits per heavy atom. The van der Waals surface area contributed by atoms with Crippen LogP contribution in [0.5, 0.6) is 0 Å². The second kappa shape index (κ2) is 11.8. The van der Waals surface area contributed by atoms with Crippen LogP contribution in [0.25, 0.3) is 0 Å². The SMILES string of the molecule is CCCC(C)CC(CC)C/C=C/C(CC)CCN. The van der Waals surface area contributed by atoms with Crippen LogP contribution >= 0.6 is 0 Å². The summed E-state index contributed by atoms with van der Waals surface area (Å²) in [5.41, 5.74) is 5.63. The molecular formula is C17H35N. The maximum atomic E-state index is 5.63. The zero-order chi connectivity index (χ0) is 13.8. The molecule has 0 aliphatic heterocycles. The highest BCUT2D eigenvalue weighted by atomic mass is 14.5. The largest absolute Gasteiger partial charge is 0.330 e. The molecule has 0 aliphatic carbocycles. The Balaban J connectivity index is 4.00. The minimum Gasteiger partial charge on any atom is -0.330 e. The molecule has 0 saturated carbocycles. The summed E-state index contributed by atoms with van der Waals surface area (Å²) >= 11 is 0. The molecule has 2 N–H and O–H groups in total. The van der Waals surface area contributed by atoms with Gasteiger partial charge in [0.05, 0.1) is 0 Å². The predicted molar refractivity (Wildman–Crippen MR) is 83.7 cm³/mol. The van der Waals surface area contributed by atoms with Crippen molar-refractivity contribution in [3.63, 3.8) is 0 Å². The van der Waals surface area contributed by atoms with E-state index in [4.69, 9.17) is 5.73 Å². The van der Waals surface area contributed by atoms with E-state index < -0.39 is 0 Å². The molecule has 0 aromatic heterocycles. The molecule has 0 radical (unpaired) electrons. The molecule has 3 unspecified atom stereocenters. The van der Waals surface area contributed by atoms with Crippen LogP contribution in [0.3, 0.4) is 0 Å². The van der Waals surface area contributed by atoms with Gasteiger partial charge in [-0.25, -0.2) is 0 Å². The predicted octanol–water partition coefficient (Wildman–Crippen LogP) is 5.16. The summed E-state index contributed by atoms with van der Waals surface area (Å²) in [6, 6.07) is 0. The molecule has 1 nitrogen and oxygen atoms in total. The van der Waals surface area contributed by atoms with E-state index in [1.54, 1.807) is 0 Å². The molecule has 18 heavy (non-hydrogen) atoms. The van der Waals surface area contributed by atoms with Gasteiger partial charge in [0.25, 0.3) is 0 Å². The van der Waals surface area contributed by atoms with Crippen LogP contribution in [0.4, 0.5) is 0 Å². The van der Waals surface area contributed by atoms with Crippen molar-refractivity contribution in [2.24, 2.45) is 23.5 Å². The molecule has 0 saturated heterocycles. The van der Waals surface area contributed by atoms with Crippen molar-refractivity contribution in [1.82, 2.24) is 0 Å². The molecule has 1 heteroatoms. The molecular weight excluding hydrogens is 218 g/mol. The Morgan fingerprint density at radius 1 is 1.06 bits per heavy atom. The molecule has 0 amide bonds. The van der Waals surface area contributed by atoms with Gasteiger partial charge >= 0.3 is 0 Å². The minimum atomic E-state index is 0.695. The molecule has 0 bridgehead atoms. The smallest absolute Gasteiger partial charge is 0.00717 e. The Kier molecular flexibility index (Phi) is 11.6. The highest BCUT2D eigenvalue weighted by molar-refractivity contribution is 4.89. The van der Waals surface area contributed by atoms with Gasteiger partial charge in [-0.2, -0.15) is 0 Å². The summed E-state index contributed by atoms with van der Waals surface area (Å²) in [5, 5.41) is 0. The number of rotatable bonds is 11. The fraction of sp³-hybridized carbons (Fsp3) is 0.882. The van der Waals surface area contributed by atoms with Gasteiger partial charge in [0.15, 0.2) is 0 Å². The van der Waals surface area contributed by atoms with E-state index in [1.807, 2.05) is 0 Å². The Bertz CT molecular complexity index is 198. The third-order valence-electron chi connectivity index (χ3n) is 4.03. The Hall–Kier alpha value is -0.300. The molecule has 0 rings (SSSR count). The summed E-state index contributed by atoms with van der Waals surface area (Å²) in [4.78, 5) is 0. The van der Waals surface area contributed by atoms with Gasteiger partial charge in [0.1, 0.15) is 0 Å². The second-order valence-electron chi connectivity index (χ2n) is 5.81. The molecule has 0 aromatic carbocycles. The van der Waals surface area contributed by atoms with Gasteiger partial charge < -0.3 is 5.73 Å². The highest BCUT2D eigenvalue weighted by Crippen LogP contribution is 2.23. The van der Waals surface area contributed by atoms with Gasteiger partial charge in [0, 0.05) is 0 Å². The van der Waals surface area contributed by atoms with Crippen molar-refractivity contribution in [1.29, 1.82) is 0 Å². The average molecular weight is 253 g/mol. The molecule has 0 fully saturated rings. The lowest BCUT2D eigenvalue weighted by Gasteiger charge is -2.18. The van der Waals surface area contributed by atoms with Gasteiger partial charge in [0.2, 0.25) is 0 Å². The van der Waals surface area contributed by atoms with E-state index in [1.165, 1.54) is 38.5 Å². The van der Waals surface area contributed by atoms with E-state index >= 15 is 0 Å². The standard InChI is InChI=1S/C17H35N/c1-5-9-15(4)14-17(7-3)11-8-10-16(6-2)12-13-18/h8,10,15-17H,5-7,9,11-14,18H2,1-4H3/b10-8+. The minimum absolute atomic E-state index is 0.695. The highest BCUT2D eigenvalue weighted by Gasteiger charge is 2.10. The monoisotopic (exact) mass is 253 g/mol. The molecule has 0 heterocycles. The van der Waals surface area contributed by atoms with Crippen molar-refractivity contribution in [2.45, 2.75) is 72.6 Å². The molecule has 0 spiro atoms. The van der Waals surface area contributed by atoms with Crippen LogP contribution in [0.15, 0.2) is 12.2 Å². The van der Waals surface area contributed by atoms with E-state index in [9.17, 15) is 0 Å². The number of allylic oxidation sites excluding steroid dienone is 2. The van der Waals surface area contributed by atoms with Gasteiger partial charge in [-0.3, -0.25) is 0 Å². The average Bonchev–Trinajstić information content (AvgIpc) is 2.36. The van der Waals surface area contributed by atoms with Gasteiger partial charge in [-0.15, -0.1) is 0 Å². The summed E-state index contributed by atoms with van der Waals surface area (Å²) < 4.78 is 0. The first-order valence-electron chi connectivity index (χ1n) is 8.04. The summed E-state index contributed by atoms with van der Waals surface area (Å²) in [7, 11) is 0. The third kappa shape index (κ3) is 8.74. The number of hydrogen-bond donors (Lipinski definition) is 1. The van der Waals surface area contributed by atoms with Crippen molar-refractivity contribution in [3.05, 3.63) is 12.2 Å². The Morgan fingerprint density at radius 2 is 1.78 bits per heavy atom. The quantitative estimate of drug-likeness (QED) is 0.506. The normalized spacial score (nSPS) is 16.9. The van der Waals surface area contributed by atoms with Crippen molar-refractivity contribution in [2.75, 3.05) is 6.54 Å². The summed E-state index contributed by atoms with van der Waals surface area (Å²) in [6.07, 6.45) is 13.8. The fourth-order valence-corrected chi connectivity index (χ4v) is 2.72. The van der Waals surface area contributed by atoms with E-state index in [2.05, 4.69) is 39.8 Å². The maximum Gasteiger partial charge on any atom is -0.00717 e. The lowest BCUT2D eigenvalue weighted by molar-refractivity contribution is 0.364. The first-order chi connectivity index (χ1) is 8.67. The van der Waals surface area contributed by atoms with Crippen LogP contribution in [0.1, 0.15) is 72.6 Å². The van der Waals surface area contributed by atoms with Crippen LogP contribution in [-0.2, 0) is 0 Å². The lowest BCUT2D eigenvalue weighted by atomic mass is 9.88. The molecule has 108 valence electrons. The number of nitrogens with two attached hydrogens (primary N) is 1. The fourth-order valence-electron chi connectivity index (χ4n) is 2.72. The maximum absolute atomic E-state index is 5.63. The van der Waals surface area contributed by atoms with Crippen LogP contribution < -0.4 is 5.73 Å². The van der Waals surface area contributed by atoms with Crippen LogP contribution in [0, 0.1) is 17.8 Å². The van der Waals surface area contributed by atoms with Crippen molar-refractivity contribution in [3.8, 4) is 0 Å². The van der Waals surface area contributed by atoms with Crippen molar-refractivity contribution >= 4 is 0 Å².